The first kappa shape index (κ1) is 43.5. The van der Waals surface area contributed by atoms with Crippen molar-refractivity contribution in [1.82, 2.24) is 39.1 Å². The molecule has 1 saturated heterocycles. The van der Waals surface area contributed by atoms with Gasteiger partial charge in [0, 0.05) is 70.3 Å². The lowest BCUT2D eigenvalue weighted by Crippen LogP contribution is -2.44. The minimum atomic E-state index is -2.87. The maximum atomic E-state index is 14.2. The quantitative estimate of drug-likeness (QED) is 0.0552. The monoisotopic (exact) mass is 882 g/mol. The highest BCUT2D eigenvalue weighted by atomic mass is 19.3. The van der Waals surface area contributed by atoms with E-state index in [-0.39, 0.29) is 41.3 Å². The Labute approximate surface area is 369 Å². The number of hydrogen-bond donors (Lipinski definition) is 3. The number of fused-ring (bicyclic) bond motifs is 1. The maximum Gasteiger partial charge on any atom is 0.329 e. The van der Waals surface area contributed by atoms with E-state index < -0.39 is 30.0 Å². The van der Waals surface area contributed by atoms with Crippen molar-refractivity contribution in [2.24, 2.45) is 18.9 Å². The summed E-state index contributed by atoms with van der Waals surface area (Å²) in [5.41, 5.74) is 2.36. The van der Waals surface area contributed by atoms with E-state index in [1.807, 2.05) is 18.2 Å². The molecule has 4 fully saturated rings. The molecule has 0 radical (unpaired) electrons. The number of para-hydroxylation sites is 1. The first-order valence-electron chi connectivity index (χ1n) is 22.8. The topological polar surface area (TPSA) is 183 Å². The van der Waals surface area contributed by atoms with Gasteiger partial charge in [-0.3, -0.25) is 33.5 Å². The van der Waals surface area contributed by atoms with Gasteiger partial charge in [0.1, 0.15) is 18.1 Å². The molecule has 1 aliphatic heterocycles. The summed E-state index contributed by atoms with van der Waals surface area (Å²) in [7, 11) is 1.72. The smallest absolute Gasteiger partial charge is 0.329 e. The first-order chi connectivity index (χ1) is 31.1. The molecule has 3 aliphatic carbocycles. The van der Waals surface area contributed by atoms with Crippen LogP contribution in [0.5, 0.6) is 0 Å². The van der Waals surface area contributed by atoms with Crippen molar-refractivity contribution in [2.45, 2.75) is 108 Å². The summed E-state index contributed by atoms with van der Waals surface area (Å²) >= 11 is 0. The van der Waals surface area contributed by atoms with Gasteiger partial charge in [0.05, 0.1) is 22.8 Å². The number of pyridine rings is 1. The van der Waals surface area contributed by atoms with Crippen LogP contribution in [0.2, 0.25) is 0 Å². The number of carbonyl (C=O) groups excluding carboxylic acids is 3. The number of halogens is 2. The lowest BCUT2D eigenvalue weighted by Gasteiger charge is -2.33. The van der Waals surface area contributed by atoms with Gasteiger partial charge in [0.25, 0.3) is 12.3 Å². The van der Waals surface area contributed by atoms with Crippen molar-refractivity contribution in [2.75, 3.05) is 43.5 Å². The maximum absolute atomic E-state index is 14.2. The van der Waals surface area contributed by atoms with Crippen LogP contribution in [0.4, 0.5) is 20.3 Å². The van der Waals surface area contributed by atoms with E-state index >= 15 is 0 Å². The molecule has 1 atom stereocenters. The van der Waals surface area contributed by atoms with Crippen molar-refractivity contribution in [1.29, 1.82) is 0 Å². The minimum absolute atomic E-state index is 0.0268. The lowest BCUT2D eigenvalue weighted by atomic mass is 9.85. The molecule has 340 valence electrons. The summed E-state index contributed by atoms with van der Waals surface area (Å²) in [6, 6.07) is 9.15. The summed E-state index contributed by atoms with van der Waals surface area (Å²) in [5, 5.41) is 12.5. The van der Waals surface area contributed by atoms with Crippen LogP contribution >= 0.6 is 0 Å². The van der Waals surface area contributed by atoms with Crippen LogP contribution in [-0.2, 0) is 27.8 Å². The van der Waals surface area contributed by atoms with Crippen molar-refractivity contribution in [3.8, 4) is 11.5 Å². The summed E-state index contributed by atoms with van der Waals surface area (Å²) in [5.74, 6) is 0.674. The number of rotatable bonds is 20. The molecule has 3 N–H and O–H groups in total. The number of nitrogens with zero attached hydrogens (tertiary/aromatic N) is 7. The van der Waals surface area contributed by atoms with Crippen LogP contribution in [-0.4, -0.2) is 90.4 Å². The Kier molecular flexibility index (Phi) is 13.0. The van der Waals surface area contributed by atoms with Gasteiger partial charge in [-0.15, -0.1) is 0 Å². The molecule has 4 aliphatic rings. The van der Waals surface area contributed by atoms with Crippen LogP contribution < -0.4 is 21.6 Å². The first-order valence-corrected chi connectivity index (χ1v) is 22.8. The Hall–Kier alpha value is -5.75. The van der Waals surface area contributed by atoms with Gasteiger partial charge < -0.3 is 24.7 Å². The number of carbonyl (C=O) groups is 3. The third-order valence-electron chi connectivity index (χ3n) is 13.2. The van der Waals surface area contributed by atoms with Crippen LogP contribution in [0.25, 0.3) is 22.5 Å². The van der Waals surface area contributed by atoms with E-state index in [9.17, 15) is 28.0 Å². The molecule has 16 nitrogen and oxygen atoms in total. The normalized spacial score (nSPS) is 20.4. The van der Waals surface area contributed by atoms with Gasteiger partial charge in [-0.1, -0.05) is 12.1 Å². The Morgan fingerprint density at radius 2 is 1.81 bits per heavy atom. The summed E-state index contributed by atoms with van der Waals surface area (Å²) in [4.78, 5) is 62.1. The average Bonchev–Trinajstić information content (AvgIpc) is 4.20. The summed E-state index contributed by atoms with van der Waals surface area (Å²) < 4.78 is 44.8. The fourth-order valence-electron chi connectivity index (χ4n) is 9.35. The van der Waals surface area contributed by atoms with Gasteiger partial charge in [0.15, 0.2) is 11.4 Å². The van der Waals surface area contributed by atoms with Gasteiger partial charge in [-0.2, -0.15) is 5.10 Å². The van der Waals surface area contributed by atoms with Crippen LogP contribution in [0.3, 0.4) is 0 Å². The molecule has 4 aromatic heterocycles. The third kappa shape index (κ3) is 9.97. The van der Waals surface area contributed by atoms with Crippen molar-refractivity contribution in [3.63, 3.8) is 0 Å². The second-order valence-corrected chi connectivity index (χ2v) is 17.9. The Morgan fingerprint density at radius 1 is 1.02 bits per heavy atom. The average molecular weight is 883 g/mol. The molecule has 0 bridgehead atoms. The number of imide groups is 1. The van der Waals surface area contributed by atoms with Gasteiger partial charge >= 0.3 is 5.69 Å². The Balaban J connectivity index is 0.719. The number of hydrogen-bond acceptors (Lipinski definition) is 11. The zero-order valence-electron chi connectivity index (χ0n) is 36.1. The van der Waals surface area contributed by atoms with Gasteiger partial charge in [-0.05, 0) is 113 Å². The number of ether oxygens (including phenoxy) is 1. The number of alkyl halides is 2. The second kappa shape index (κ2) is 19.2. The standard InChI is InChI=1S/C46H56F2N10O6/c1-55-41-30(5-2-7-36(41)58(46(55)62)37-16-17-39(59)53-44(37)61)6-3-21-63-22-4-20-56(32-14-15-32)25-29-10-12-33(13-11-29)57-26-34(40(54-57)42(47)48)51-43(60)35-27-64-45(52-35)31-18-19-49-38(23-31)50-24-28-8-9-28/h2,5,7,18-19,23,26-29,32-33,37,42H,3-4,6,8-17,20-22,24-25H2,1H3,(H,49,50)(H,51,60)(H,53,59,61). The molecule has 0 spiro atoms. The minimum Gasteiger partial charge on any atom is -0.444 e. The number of aromatic nitrogens is 6. The van der Waals surface area contributed by atoms with Gasteiger partial charge in [-0.25, -0.2) is 23.5 Å². The predicted molar refractivity (Wildman–Crippen MR) is 234 cm³/mol. The lowest BCUT2D eigenvalue weighted by molar-refractivity contribution is -0.135. The largest absolute Gasteiger partial charge is 0.444 e. The zero-order chi connectivity index (χ0) is 44.3. The van der Waals surface area contributed by atoms with Crippen molar-refractivity contribution in [3.05, 3.63) is 76.4 Å². The van der Waals surface area contributed by atoms with Crippen LogP contribution in [0.15, 0.2) is 58.2 Å². The van der Waals surface area contributed by atoms with E-state index in [1.54, 1.807) is 34.6 Å². The zero-order valence-corrected chi connectivity index (χ0v) is 36.1. The molecule has 5 heterocycles. The number of piperidine rings is 1. The van der Waals surface area contributed by atoms with Crippen molar-refractivity contribution < 1.29 is 32.3 Å². The second-order valence-electron chi connectivity index (χ2n) is 17.9. The summed E-state index contributed by atoms with van der Waals surface area (Å²) in [6.07, 6.45) is 12.8. The molecule has 5 aromatic rings. The number of oxazole rings is 1. The molecule has 3 amide bonds. The predicted octanol–water partition coefficient (Wildman–Crippen LogP) is 6.81. The molecule has 1 aromatic carbocycles. The number of nitrogens with one attached hydrogen (secondary N) is 3. The van der Waals surface area contributed by atoms with Gasteiger partial charge in [0.2, 0.25) is 17.7 Å². The highest BCUT2D eigenvalue weighted by molar-refractivity contribution is 6.03. The van der Waals surface area contributed by atoms with Crippen LogP contribution in [0, 0.1) is 11.8 Å². The number of amides is 3. The molecule has 18 heteroatoms. The molecular weight excluding hydrogens is 827 g/mol. The van der Waals surface area contributed by atoms with E-state index in [0.29, 0.717) is 54.4 Å². The van der Waals surface area contributed by atoms with Crippen LogP contribution in [0.1, 0.15) is 117 Å². The molecule has 64 heavy (non-hydrogen) atoms. The fraction of sp³-hybridized carbons (Fsp3) is 0.543. The number of benzene rings is 1. The summed E-state index contributed by atoms with van der Waals surface area (Å²) in [6.45, 7) is 4.04. The number of imidazole rings is 1. The molecular formula is C46H56F2N10O6. The molecule has 1 unspecified atom stereocenters. The molecule has 9 rings (SSSR count). The SMILES string of the molecule is Cn1c(=O)n(C2CCC(=O)NC2=O)c2cccc(CCCOCCCN(CC3CCC(n4cc(NC(=O)c5coc(-c6ccnc(NCC7CC7)c6)n5)c(C(F)F)n4)CC3)C3CC3)c21. The van der Waals surface area contributed by atoms with E-state index in [2.05, 4.69) is 35.9 Å². The number of aryl methyl sites for hydroxylation is 2. The molecule has 3 saturated carbocycles. The van der Waals surface area contributed by atoms with E-state index in [4.69, 9.17) is 9.15 Å². The fourth-order valence-corrected chi connectivity index (χ4v) is 9.35. The van der Waals surface area contributed by atoms with E-state index in [0.717, 1.165) is 75.7 Å². The Bertz CT molecular complexity index is 2530. The van der Waals surface area contributed by atoms with Crippen molar-refractivity contribution >= 4 is 40.3 Å². The third-order valence-corrected chi connectivity index (χ3v) is 13.2. The Morgan fingerprint density at radius 3 is 2.58 bits per heavy atom. The highest BCUT2D eigenvalue weighted by Crippen LogP contribution is 2.37. The highest BCUT2D eigenvalue weighted by Gasteiger charge is 2.34. The van der Waals surface area contributed by atoms with E-state index in [1.165, 1.54) is 42.7 Å². The number of anilines is 2.